The number of benzene rings is 1. The number of nitrogens with two attached hydrogens (primary N) is 1. The number of carboxylic acid groups (broad SMARTS) is 1. The van der Waals surface area contributed by atoms with Crippen molar-refractivity contribution in [3.05, 3.63) is 52.8 Å². The molecular weight excluding hydrogens is 485 g/mol. The summed E-state index contributed by atoms with van der Waals surface area (Å²) < 4.78 is 37.6. The molecule has 1 aromatic carbocycles. The third-order valence-corrected chi connectivity index (χ3v) is 6.17. The molecule has 0 saturated carbocycles. The molecule has 2 aliphatic rings. The molecule has 2 aromatic rings. The van der Waals surface area contributed by atoms with Gasteiger partial charge in [-0.1, -0.05) is 23.4 Å². The Labute approximate surface area is 195 Å². The number of amidine groups is 1. The van der Waals surface area contributed by atoms with E-state index < -0.39 is 17.7 Å². The second-order valence-corrected chi connectivity index (χ2v) is 8.72. The van der Waals surface area contributed by atoms with E-state index in [0.717, 1.165) is 17.1 Å². The molecule has 4 rings (SSSR count). The summed E-state index contributed by atoms with van der Waals surface area (Å²) in [6.07, 6.45) is -3.64. The summed E-state index contributed by atoms with van der Waals surface area (Å²) in [7, 11) is 0. The SMILES string of the molecule is C[C@]12N=C(N)SC[C@H]1COc1ccc(NC(=O)c3ccc(Cl)cn3)cc12.O=C(O)C(F)(F)F. The van der Waals surface area contributed by atoms with E-state index >= 15 is 0 Å². The summed E-state index contributed by atoms with van der Waals surface area (Å²) in [5.74, 6) is -1.20. The molecule has 13 heteroatoms. The van der Waals surface area contributed by atoms with Gasteiger partial charge in [-0.2, -0.15) is 13.2 Å². The first-order valence-electron chi connectivity index (χ1n) is 9.38. The number of nitrogens with zero attached hydrogens (tertiary/aromatic N) is 2. The van der Waals surface area contributed by atoms with Gasteiger partial charge in [0.1, 0.15) is 11.4 Å². The van der Waals surface area contributed by atoms with E-state index in [1.807, 2.05) is 12.1 Å². The molecule has 0 bridgehead atoms. The number of ether oxygens (including phenoxy) is 1. The van der Waals surface area contributed by atoms with Crippen molar-refractivity contribution in [3.8, 4) is 5.75 Å². The Bertz CT molecular complexity index is 1100. The van der Waals surface area contributed by atoms with Crippen LogP contribution in [0.25, 0.3) is 0 Å². The van der Waals surface area contributed by atoms with Crippen molar-refractivity contribution in [2.45, 2.75) is 18.6 Å². The summed E-state index contributed by atoms with van der Waals surface area (Å²) in [5, 5.41) is 11.1. The monoisotopic (exact) mass is 502 g/mol. The lowest BCUT2D eigenvalue weighted by Crippen LogP contribution is -2.44. The summed E-state index contributed by atoms with van der Waals surface area (Å²) in [4.78, 5) is 30.0. The van der Waals surface area contributed by atoms with E-state index in [2.05, 4.69) is 17.2 Å². The third-order valence-electron chi connectivity index (χ3n) is 5.00. The lowest BCUT2D eigenvalue weighted by atomic mass is 9.79. The molecular formula is C20H18ClF3N4O4S. The maximum absolute atomic E-state index is 12.4. The fourth-order valence-electron chi connectivity index (χ4n) is 3.22. The van der Waals surface area contributed by atoms with Crippen LogP contribution in [-0.4, -0.2) is 45.7 Å². The smallest absolute Gasteiger partial charge is 0.490 e. The molecule has 33 heavy (non-hydrogen) atoms. The van der Waals surface area contributed by atoms with Crippen molar-refractivity contribution in [3.63, 3.8) is 0 Å². The van der Waals surface area contributed by atoms with Crippen molar-refractivity contribution in [2.24, 2.45) is 16.6 Å². The molecule has 0 radical (unpaired) electrons. The number of aliphatic carboxylic acids is 1. The highest BCUT2D eigenvalue weighted by Crippen LogP contribution is 2.47. The van der Waals surface area contributed by atoms with Crippen molar-refractivity contribution in [1.29, 1.82) is 0 Å². The van der Waals surface area contributed by atoms with E-state index in [9.17, 15) is 18.0 Å². The van der Waals surface area contributed by atoms with Gasteiger partial charge in [0.15, 0.2) is 5.17 Å². The lowest BCUT2D eigenvalue weighted by molar-refractivity contribution is -0.192. The average Bonchev–Trinajstić information content (AvgIpc) is 2.73. The predicted octanol–water partition coefficient (Wildman–Crippen LogP) is 3.91. The quantitative estimate of drug-likeness (QED) is 0.568. The Hall–Kier alpha value is -2.99. The number of hydrogen-bond donors (Lipinski definition) is 3. The van der Waals surface area contributed by atoms with Gasteiger partial charge in [0.05, 0.1) is 17.2 Å². The predicted molar refractivity (Wildman–Crippen MR) is 118 cm³/mol. The minimum Gasteiger partial charge on any atom is -0.493 e. The zero-order chi connectivity index (χ0) is 24.4. The number of pyridine rings is 1. The number of aliphatic imine (C=N–C) groups is 1. The molecule has 0 unspecified atom stereocenters. The number of carbonyl (C=O) groups excluding carboxylic acids is 1. The first-order chi connectivity index (χ1) is 15.4. The molecule has 0 fully saturated rings. The summed E-state index contributed by atoms with van der Waals surface area (Å²) >= 11 is 7.36. The van der Waals surface area contributed by atoms with Crippen LogP contribution in [0.5, 0.6) is 5.75 Å². The van der Waals surface area contributed by atoms with Gasteiger partial charge in [-0.3, -0.25) is 9.79 Å². The van der Waals surface area contributed by atoms with Crippen LogP contribution in [0.3, 0.4) is 0 Å². The highest BCUT2D eigenvalue weighted by atomic mass is 35.5. The van der Waals surface area contributed by atoms with E-state index in [1.165, 1.54) is 6.20 Å². The van der Waals surface area contributed by atoms with Gasteiger partial charge < -0.3 is 20.9 Å². The number of aromatic nitrogens is 1. The fraction of sp³-hybridized carbons (Fsp3) is 0.300. The number of amides is 1. The number of nitrogens with one attached hydrogen (secondary N) is 1. The van der Waals surface area contributed by atoms with Crippen LogP contribution >= 0.6 is 23.4 Å². The van der Waals surface area contributed by atoms with E-state index in [1.54, 1.807) is 30.0 Å². The van der Waals surface area contributed by atoms with Gasteiger partial charge in [-0.15, -0.1) is 0 Å². The van der Waals surface area contributed by atoms with E-state index in [-0.39, 0.29) is 11.8 Å². The first-order valence-corrected chi connectivity index (χ1v) is 10.7. The maximum Gasteiger partial charge on any atom is 0.490 e. The average molecular weight is 503 g/mol. The fourth-order valence-corrected chi connectivity index (χ4v) is 4.37. The topological polar surface area (TPSA) is 127 Å². The van der Waals surface area contributed by atoms with Crippen LogP contribution in [0.4, 0.5) is 18.9 Å². The Morgan fingerprint density at radius 1 is 1.33 bits per heavy atom. The zero-order valence-electron chi connectivity index (χ0n) is 17.0. The van der Waals surface area contributed by atoms with Crippen molar-refractivity contribution in [1.82, 2.24) is 4.98 Å². The Kier molecular flexibility index (Phi) is 7.08. The Morgan fingerprint density at radius 3 is 2.64 bits per heavy atom. The van der Waals surface area contributed by atoms with Gasteiger partial charge in [-0.25, -0.2) is 9.78 Å². The van der Waals surface area contributed by atoms with Gasteiger partial charge in [0, 0.05) is 29.1 Å². The molecule has 176 valence electrons. The number of rotatable bonds is 2. The number of thioether (sulfide) groups is 1. The van der Waals surface area contributed by atoms with Gasteiger partial charge in [0.25, 0.3) is 5.91 Å². The number of anilines is 1. The number of carbonyl (C=O) groups is 2. The van der Waals surface area contributed by atoms with Crippen molar-refractivity contribution >= 4 is 46.1 Å². The van der Waals surface area contributed by atoms with Crippen LogP contribution in [0.2, 0.25) is 5.02 Å². The van der Waals surface area contributed by atoms with E-state index in [4.69, 9.17) is 37.0 Å². The van der Waals surface area contributed by atoms with Gasteiger partial charge in [-0.05, 0) is 37.3 Å². The lowest BCUT2D eigenvalue weighted by Gasteiger charge is -2.42. The standard InChI is InChI=1S/C18H17ClN4O2S.C2HF3O2/c1-18-10(9-26-17(20)23-18)8-25-15-5-3-12(6-13(15)18)22-16(24)14-4-2-11(19)7-21-14;3-2(4,5)1(6)7/h2-7,10H,8-9H2,1H3,(H2,20,23)(H,22,24);(H,6,7)/t10-,18+;/m1./s1. The molecule has 1 aromatic heterocycles. The molecule has 0 aliphatic carbocycles. The number of fused-ring (bicyclic) bond motifs is 3. The van der Waals surface area contributed by atoms with Crippen molar-refractivity contribution in [2.75, 3.05) is 17.7 Å². The minimum atomic E-state index is -5.08. The summed E-state index contributed by atoms with van der Waals surface area (Å²) in [5.41, 5.74) is 7.40. The van der Waals surface area contributed by atoms with Crippen LogP contribution in [0.1, 0.15) is 23.0 Å². The van der Waals surface area contributed by atoms with Gasteiger partial charge in [0.2, 0.25) is 0 Å². The van der Waals surface area contributed by atoms with Crippen LogP contribution < -0.4 is 15.8 Å². The first kappa shape index (κ1) is 24.6. The Balaban J connectivity index is 0.000000383. The molecule has 2 aliphatic heterocycles. The molecule has 4 N–H and O–H groups in total. The second kappa shape index (κ2) is 9.48. The van der Waals surface area contributed by atoms with Crippen molar-refractivity contribution < 1.29 is 32.6 Å². The van der Waals surface area contributed by atoms with Crippen LogP contribution in [0.15, 0.2) is 41.5 Å². The zero-order valence-corrected chi connectivity index (χ0v) is 18.6. The molecule has 3 heterocycles. The molecule has 1 amide bonds. The summed E-state index contributed by atoms with van der Waals surface area (Å²) in [6, 6.07) is 8.78. The molecule has 0 spiro atoms. The molecule has 2 atom stereocenters. The number of hydrogen-bond acceptors (Lipinski definition) is 7. The van der Waals surface area contributed by atoms with Gasteiger partial charge >= 0.3 is 12.1 Å². The maximum atomic E-state index is 12.4. The minimum absolute atomic E-state index is 0.233. The molecule has 0 saturated heterocycles. The summed E-state index contributed by atoms with van der Waals surface area (Å²) in [6.45, 7) is 2.67. The number of halogens is 4. The van der Waals surface area contributed by atoms with E-state index in [0.29, 0.717) is 28.2 Å². The van der Waals surface area contributed by atoms with Crippen LogP contribution in [-0.2, 0) is 10.3 Å². The highest BCUT2D eigenvalue weighted by molar-refractivity contribution is 8.13. The normalized spacial score (nSPS) is 21.2. The number of alkyl halides is 3. The van der Waals surface area contributed by atoms with Crippen LogP contribution in [0, 0.1) is 5.92 Å². The second-order valence-electron chi connectivity index (χ2n) is 7.25. The largest absolute Gasteiger partial charge is 0.493 e. The highest BCUT2D eigenvalue weighted by Gasteiger charge is 2.44. The molecule has 8 nitrogen and oxygen atoms in total. The Morgan fingerprint density at radius 2 is 2.03 bits per heavy atom. The third kappa shape index (κ3) is 5.69. The number of carboxylic acids is 1.